The molecular formula is C6H9Na2O11P. The zero-order valence-electron chi connectivity index (χ0n) is 10.4. The van der Waals surface area contributed by atoms with E-state index in [2.05, 4.69) is 4.52 Å². The molecule has 0 aliphatic heterocycles. The summed E-state index contributed by atoms with van der Waals surface area (Å²) >= 11 is 0. The Morgan fingerprint density at radius 3 is 1.60 bits per heavy atom. The van der Waals surface area contributed by atoms with Crippen LogP contribution in [-0.2, 0) is 18.7 Å². The monoisotopic (exact) mass is 334 g/mol. The summed E-state index contributed by atoms with van der Waals surface area (Å²) in [6, 6.07) is 0. The maximum Gasteiger partial charge on any atom is 1.00 e. The second-order valence-electron chi connectivity index (χ2n) is 3.07. The predicted molar refractivity (Wildman–Crippen MR) is 45.4 cm³/mol. The number of aliphatic carboxylic acids is 1. The molecular weight excluding hydrogens is 325 g/mol. The largest absolute Gasteiger partial charge is 1.00 e. The Morgan fingerprint density at radius 2 is 1.30 bits per heavy atom. The molecule has 0 saturated carbocycles. The van der Waals surface area contributed by atoms with Crippen LogP contribution in [0, 0.1) is 0 Å². The van der Waals surface area contributed by atoms with E-state index in [1.165, 1.54) is 0 Å². The van der Waals surface area contributed by atoms with Gasteiger partial charge < -0.3 is 44.4 Å². The molecule has 14 heteroatoms. The van der Waals surface area contributed by atoms with Gasteiger partial charge in [-0.2, -0.15) is 0 Å². The molecule has 0 heterocycles. The minimum Gasteiger partial charge on any atom is -0.780 e. The SMILES string of the molecule is O=C(O)[C@@H](O)[C@@H](O)[C@H](O)[C@@H](O)C(=O)OP(=O)([O-])[O-].[Na+].[Na+]. The first-order valence-corrected chi connectivity index (χ1v) is 5.64. The number of aliphatic hydroxyl groups excluding tert-OH is 4. The standard InChI is InChI=1S/C6H11O11P.2Na/c7-1(3(9)5(11)12)2(8)4(10)6(13)17-18(14,15)16;;/h1-4,7-10H,(H,11,12)(H2,14,15,16);;/q;2*+1/p-2/t1-,2-,3-,4+;;/m0../s1. The van der Waals surface area contributed by atoms with Gasteiger partial charge in [0.05, 0.1) is 0 Å². The molecule has 0 aromatic carbocycles. The van der Waals surface area contributed by atoms with Gasteiger partial charge in [0.1, 0.15) is 20.0 Å². The Kier molecular flexibility index (Phi) is 13.7. The fourth-order valence-electron chi connectivity index (χ4n) is 0.823. The van der Waals surface area contributed by atoms with E-state index in [4.69, 9.17) is 25.5 Å². The van der Waals surface area contributed by atoms with Crippen molar-refractivity contribution in [2.24, 2.45) is 0 Å². The second-order valence-corrected chi connectivity index (χ2v) is 4.14. The van der Waals surface area contributed by atoms with Crippen LogP contribution in [0.15, 0.2) is 0 Å². The number of aliphatic hydroxyl groups is 4. The molecule has 5 N–H and O–H groups in total. The summed E-state index contributed by atoms with van der Waals surface area (Å²) in [5.74, 6) is -4.09. The Morgan fingerprint density at radius 1 is 0.950 bits per heavy atom. The van der Waals surface area contributed by atoms with E-state index in [9.17, 15) is 23.9 Å². The van der Waals surface area contributed by atoms with Gasteiger partial charge >= 0.3 is 71.1 Å². The summed E-state index contributed by atoms with van der Waals surface area (Å²) in [6.07, 6.45) is -10.4. The number of hydrogen-bond acceptors (Lipinski definition) is 10. The van der Waals surface area contributed by atoms with Crippen LogP contribution in [0.25, 0.3) is 0 Å². The Bertz CT molecular complexity index is 370. The summed E-state index contributed by atoms with van der Waals surface area (Å²) in [5, 5.41) is 44.0. The van der Waals surface area contributed by atoms with E-state index in [0.717, 1.165) is 0 Å². The van der Waals surface area contributed by atoms with Crippen molar-refractivity contribution in [2.75, 3.05) is 0 Å². The quantitative estimate of drug-likeness (QED) is 0.227. The fourth-order valence-corrected chi connectivity index (χ4v) is 1.15. The molecule has 0 aromatic heterocycles. The van der Waals surface area contributed by atoms with Gasteiger partial charge in [-0.15, -0.1) is 0 Å². The third kappa shape index (κ3) is 9.05. The number of carbonyl (C=O) groups is 2. The molecule has 0 saturated heterocycles. The number of rotatable bonds is 6. The van der Waals surface area contributed by atoms with Gasteiger partial charge in [-0.25, -0.2) is 9.59 Å². The molecule has 0 unspecified atom stereocenters. The van der Waals surface area contributed by atoms with Gasteiger partial charge in [-0.1, -0.05) is 0 Å². The summed E-state index contributed by atoms with van der Waals surface area (Å²) < 4.78 is 13.2. The molecule has 20 heavy (non-hydrogen) atoms. The molecule has 106 valence electrons. The molecule has 11 nitrogen and oxygen atoms in total. The van der Waals surface area contributed by atoms with E-state index < -0.39 is 44.2 Å². The average molecular weight is 334 g/mol. The van der Waals surface area contributed by atoms with Crippen LogP contribution in [0.4, 0.5) is 0 Å². The van der Waals surface area contributed by atoms with E-state index >= 15 is 0 Å². The number of hydrogen-bond donors (Lipinski definition) is 5. The van der Waals surface area contributed by atoms with Crippen molar-refractivity contribution in [3.8, 4) is 0 Å². The van der Waals surface area contributed by atoms with Gasteiger partial charge in [-0.3, -0.25) is 0 Å². The number of carboxylic acids is 1. The Labute approximate surface area is 156 Å². The van der Waals surface area contributed by atoms with Crippen molar-refractivity contribution in [1.82, 2.24) is 0 Å². The predicted octanol–water partition coefficient (Wildman–Crippen LogP) is -11.1. The smallest absolute Gasteiger partial charge is 0.780 e. The summed E-state index contributed by atoms with van der Waals surface area (Å²) in [6.45, 7) is 0. The summed E-state index contributed by atoms with van der Waals surface area (Å²) in [7, 11) is -5.77. The van der Waals surface area contributed by atoms with Crippen LogP contribution >= 0.6 is 7.82 Å². The van der Waals surface area contributed by atoms with E-state index in [1.54, 1.807) is 0 Å². The first-order chi connectivity index (χ1) is 7.97. The molecule has 0 amide bonds. The molecule has 0 aliphatic rings. The van der Waals surface area contributed by atoms with Gasteiger partial charge in [0.15, 0.2) is 12.2 Å². The van der Waals surface area contributed by atoms with Crippen molar-refractivity contribution >= 4 is 19.8 Å². The molecule has 0 bridgehead atoms. The van der Waals surface area contributed by atoms with Crippen molar-refractivity contribution in [3.05, 3.63) is 0 Å². The minimum atomic E-state index is -5.77. The van der Waals surface area contributed by atoms with Crippen molar-refractivity contribution < 1.29 is 113 Å². The number of carbonyl (C=O) groups excluding carboxylic acids is 1. The van der Waals surface area contributed by atoms with Crippen LogP contribution in [0.1, 0.15) is 0 Å². The fraction of sp³-hybridized carbons (Fsp3) is 0.667. The summed E-state index contributed by atoms with van der Waals surface area (Å²) in [4.78, 5) is 41.0. The zero-order valence-corrected chi connectivity index (χ0v) is 15.3. The molecule has 0 rings (SSSR count). The normalized spacial score (nSPS) is 16.7. The molecule has 4 atom stereocenters. The first-order valence-electron chi connectivity index (χ1n) is 4.18. The van der Waals surface area contributed by atoms with Crippen LogP contribution in [0.5, 0.6) is 0 Å². The minimum absolute atomic E-state index is 0. The van der Waals surface area contributed by atoms with E-state index in [-0.39, 0.29) is 59.1 Å². The molecule has 0 fully saturated rings. The summed E-state index contributed by atoms with van der Waals surface area (Å²) in [5.41, 5.74) is 0. The van der Waals surface area contributed by atoms with Crippen LogP contribution < -0.4 is 68.9 Å². The van der Waals surface area contributed by atoms with Crippen molar-refractivity contribution in [1.29, 1.82) is 0 Å². The Balaban J connectivity index is -0.00000144. The van der Waals surface area contributed by atoms with Gasteiger partial charge in [0, 0.05) is 0 Å². The Hall–Kier alpha value is 0.930. The third-order valence-electron chi connectivity index (χ3n) is 1.69. The first kappa shape index (κ1) is 25.9. The van der Waals surface area contributed by atoms with Crippen LogP contribution in [0.2, 0.25) is 0 Å². The van der Waals surface area contributed by atoms with E-state index in [1.807, 2.05) is 0 Å². The van der Waals surface area contributed by atoms with E-state index in [0.29, 0.717) is 0 Å². The molecule has 0 radical (unpaired) electrons. The average Bonchev–Trinajstić information content (AvgIpc) is 2.22. The number of phosphoric ester groups is 1. The maximum absolute atomic E-state index is 10.8. The molecule has 0 aromatic rings. The number of phosphoric acid groups is 1. The van der Waals surface area contributed by atoms with Gasteiger partial charge in [0.25, 0.3) is 0 Å². The van der Waals surface area contributed by atoms with Crippen molar-refractivity contribution in [2.45, 2.75) is 24.4 Å². The maximum atomic E-state index is 10.8. The van der Waals surface area contributed by atoms with Crippen molar-refractivity contribution in [3.63, 3.8) is 0 Å². The van der Waals surface area contributed by atoms with Gasteiger partial charge in [0.2, 0.25) is 0 Å². The number of carboxylic acid groups (broad SMARTS) is 1. The topological polar surface area (TPSA) is 208 Å². The molecule has 0 spiro atoms. The van der Waals surface area contributed by atoms with Crippen LogP contribution in [-0.4, -0.2) is 61.9 Å². The second kappa shape index (κ2) is 10.6. The zero-order chi connectivity index (χ0) is 14.7. The van der Waals surface area contributed by atoms with Crippen LogP contribution in [0.3, 0.4) is 0 Å². The molecule has 0 aliphatic carbocycles. The third-order valence-corrected chi connectivity index (χ3v) is 2.10. The van der Waals surface area contributed by atoms with Gasteiger partial charge in [-0.05, 0) is 0 Å².